The summed E-state index contributed by atoms with van der Waals surface area (Å²) >= 11 is 0. The van der Waals surface area contributed by atoms with Crippen LogP contribution in [0.4, 0.5) is 0 Å². The second-order valence-corrected chi connectivity index (χ2v) is 20.7. The number of aromatic hydroxyl groups is 2. The standard InChI is InChI=1S/2C27H42O5.Ac/c2*1-26(2,19-31-17-12-10-8-6-5-7-9-11-16-23(29)30)25-24(32-20-27(25,3)4)21-14-13-15-22(28)18-21;/h2*13-15,18,28H,5-12,16-17,19-20H2,1-4H3,(H,29,30);. The van der Waals surface area contributed by atoms with Gasteiger partial charge in [-0.2, -0.15) is 0 Å². The molecule has 2 heterocycles. The van der Waals surface area contributed by atoms with Crippen LogP contribution in [0.1, 0.15) is 182 Å². The Balaban J connectivity index is 0.000000440. The third-order valence-corrected chi connectivity index (χ3v) is 12.3. The summed E-state index contributed by atoms with van der Waals surface area (Å²) in [6, 6.07) is 14.6. The Kier molecular flexibility index (Phi) is 26.4. The zero-order chi connectivity index (χ0) is 47.2. The van der Waals surface area contributed by atoms with E-state index in [1.807, 2.05) is 24.3 Å². The van der Waals surface area contributed by atoms with Gasteiger partial charge >= 0.3 is 11.9 Å². The van der Waals surface area contributed by atoms with Crippen LogP contribution >= 0.6 is 0 Å². The summed E-state index contributed by atoms with van der Waals surface area (Å²) in [5.41, 5.74) is 3.82. The minimum atomic E-state index is -0.691. The molecule has 0 unspecified atom stereocenters. The van der Waals surface area contributed by atoms with E-state index in [1.54, 1.807) is 24.3 Å². The van der Waals surface area contributed by atoms with Gasteiger partial charge in [0.05, 0.1) is 26.4 Å². The van der Waals surface area contributed by atoms with E-state index in [0.717, 1.165) is 87.2 Å². The molecule has 2 aromatic rings. The van der Waals surface area contributed by atoms with E-state index in [-0.39, 0.29) is 77.2 Å². The predicted molar refractivity (Wildman–Crippen MR) is 257 cm³/mol. The number of aliphatic carboxylic acids is 2. The second kappa shape index (κ2) is 29.3. The second-order valence-electron chi connectivity index (χ2n) is 20.7. The van der Waals surface area contributed by atoms with Crippen molar-refractivity contribution in [1.29, 1.82) is 0 Å². The maximum Gasteiger partial charge on any atom is 0.303 e. The Labute approximate surface area is 427 Å². The number of carbonyl (C=O) groups is 2. The number of rotatable bonds is 30. The number of benzene rings is 2. The summed E-state index contributed by atoms with van der Waals surface area (Å²) < 4.78 is 24.4. The van der Waals surface area contributed by atoms with Crippen molar-refractivity contribution in [2.24, 2.45) is 21.7 Å². The van der Waals surface area contributed by atoms with E-state index in [4.69, 9.17) is 29.2 Å². The van der Waals surface area contributed by atoms with Gasteiger partial charge in [0, 0.05) is 103 Å². The SMILES string of the molecule is CC(C)(COCCCCCCCCCCC(=O)O)C1=C(c2cccc(O)c2)OCC1(C)C.CC(C)(COCCCCCCCCCCC(=O)O)C1=C(c2cccc(O)c2)OCC1(C)C.[Ac]. The molecule has 0 saturated heterocycles. The molecular formula is C54H84AcO10. The molecule has 363 valence electrons. The molecule has 0 aromatic heterocycles. The van der Waals surface area contributed by atoms with Crippen LogP contribution in [0.25, 0.3) is 11.5 Å². The summed E-state index contributed by atoms with van der Waals surface area (Å²) in [5, 5.41) is 37.1. The molecule has 1 radical (unpaired) electrons. The van der Waals surface area contributed by atoms with E-state index in [9.17, 15) is 19.8 Å². The fraction of sp³-hybridized carbons (Fsp3) is 0.667. The smallest absolute Gasteiger partial charge is 0.303 e. The fourth-order valence-electron chi connectivity index (χ4n) is 9.49. The zero-order valence-corrected chi connectivity index (χ0v) is 46.2. The van der Waals surface area contributed by atoms with Gasteiger partial charge in [0.1, 0.15) is 23.0 Å². The first kappa shape index (κ1) is 58.5. The van der Waals surface area contributed by atoms with Crippen LogP contribution in [0, 0.1) is 65.7 Å². The van der Waals surface area contributed by atoms with Gasteiger partial charge in [0.15, 0.2) is 0 Å². The largest absolute Gasteiger partial charge is 0.508 e. The Morgan fingerprint density at radius 1 is 0.538 bits per heavy atom. The molecule has 0 atom stereocenters. The van der Waals surface area contributed by atoms with Crippen LogP contribution in [-0.2, 0) is 28.5 Å². The zero-order valence-electron chi connectivity index (χ0n) is 41.4. The Morgan fingerprint density at radius 2 is 0.846 bits per heavy atom. The van der Waals surface area contributed by atoms with Crippen LogP contribution in [0.3, 0.4) is 0 Å². The number of phenolic OH excluding ortho intramolecular Hbond substituents is 2. The number of carboxylic acid groups (broad SMARTS) is 2. The molecule has 0 saturated carbocycles. The Bertz CT molecular complexity index is 1660. The summed E-state index contributed by atoms with van der Waals surface area (Å²) in [5.74, 6) is 0.868. The normalized spacial score (nSPS) is 15.5. The average Bonchev–Trinajstić information content (AvgIpc) is 3.73. The van der Waals surface area contributed by atoms with Gasteiger partial charge in [-0.1, -0.05) is 157 Å². The summed E-state index contributed by atoms with van der Waals surface area (Å²) in [4.78, 5) is 21.0. The molecule has 11 heteroatoms. The topological polar surface area (TPSA) is 152 Å². The van der Waals surface area contributed by atoms with Crippen LogP contribution in [0.15, 0.2) is 59.7 Å². The summed E-state index contributed by atoms with van der Waals surface area (Å²) in [6.07, 6.45) is 18.2. The summed E-state index contributed by atoms with van der Waals surface area (Å²) in [7, 11) is 0. The molecule has 2 aromatic carbocycles. The first-order valence-electron chi connectivity index (χ1n) is 24.2. The van der Waals surface area contributed by atoms with Crippen molar-refractivity contribution in [1.82, 2.24) is 0 Å². The number of hydrogen-bond acceptors (Lipinski definition) is 8. The molecule has 4 N–H and O–H groups in total. The minimum absolute atomic E-state index is 0. The predicted octanol–water partition coefficient (Wildman–Crippen LogP) is 13.6. The monoisotopic (exact) mass is 1120 g/mol. The van der Waals surface area contributed by atoms with Crippen molar-refractivity contribution < 1.29 is 93.0 Å². The molecule has 2 aliphatic heterocycles. The molecule has 10 nitrogen and oxygen atoms in total. The van der Waals surface area contributed by atoms with E-state index >= 15 is 0 Å². The fourth-order valence-corrected chi connectivity index (χ4v) is 9.49. The van der Waals surface area contributed by atoms with Crippen LogP contribution in [0.2, 0.25) is 0 Å². The van der Waals surface area contributed by atoms with Crippen LogP contribution < -0.4 is 0 Å². The third-order valence-electron chi connectivity index (χ3n) is 12.3. The van der Waals surface area contributed by atoms with Crippen LogP contribution in [-0.4, -0.2) is 72.0 Å². The number of phenols is 2. The van der Waals surface area contributed by atoms with E-state index in [1.165, 1.54) is 62.5 Å². The molecule has 2 aliphatic rings. The molecule has 0 fully saturated rings. The van der Waals surface area contributed by atoms with Gasteiger partial charge in [-0.3, -0.25) is 9.59 Å². The third kappa shape index (κ3) is 21.1. The molecule has 4 rings (SSSR count). The molecule has 0 spiro atoms. The number of unbranched alkanes of at least 4 members (excludes halogenated alkanes) is 14. The maximum atomic E-state index is 10.5. The molecule has 65 heavy (non-hydrogen) atoms. The Hall–Kier alpha value is -2.58. The van der Waals surface area contributed by atoms with Gasteiger partial charge in [0.2, 0.25) is 0 Å². The molecular weight excluding hydrogens is 1040 g/mol. The van der Waals surface area contributed by atoms with E-state index < -0.39 is 11.9 Å². The molecule has 0 amide bonds. The number of carboxylic acids is 2. The van der Waals surface area contributed by atoms with Gasteiger partial charge in [-0.05, 0) is 61.1 Å². The quantitative estimate of drug-likeness (QED) is 0.0556. The minimum Gasteiger partial charge on any atom is -0.508 e. The van der Waals surface area contributed by atoms with Crippen molar-refractivity contribution in [2.45, 2.75) is 171 Å². The molecule has 0 bridgehead atoms. The Morgan fingerprint density at radius 3 is 1.15 bits per heavy atom. The van der Waals surface area contributed by atoms with Crippen molar-refractivity contribution in [3.63, 3.8) is 0 Å². The summed E-state index contributed by atoms with van der Waals surface area (Å²) in [6.45, 7) is 21.8. The van der Waals surface area contributed by atoms with Crippen molar-refractivity contribution in [3.8, 4) is 11.5 Å². The van der Waals surface area contributed by atoms with Gasteiger partial charge in [0.25, 0.3) is 0 Å². The average molecular weight is 1120 g/mol. The van der Waals surface area contributed by atoms with Crippen molar-refractivity contribution >= 4 is 23.5 Å². The number of ether oxygens (including phenoxy) is 4. The van der Waals surface area contributed by atoms with Crippen molar-refractivity contribution in [2.75, 3.05) is 39.6 Å². The van der Waals surface area contributed by atoms with Gasteiger partial charge < -0.3 is 39.4 Å². The molecule has 0 aliphatic carbocycles. The first-order valence-corrected chi connectivity index (χ1v) is 24.2. The van der Waals surface area contributed by atoms with Gasteiger partial charge in [-0.25, -0.2) is 0 Å². The first-order chi connectivity index (χ1) is 30.3. The number of hydrogen-bond donors (Lipinski definition) is 4. The maximum absolute atomic E-state index is 10.5. The van der Waals surface area contributed by atoms with Crippen LogP contribution in [0.5, 0.6) is 11.5 Å². The van der Waals surface area contributed by atoms with E-state index in [2.05, 4.69) is 55.4 Å². The van der Waals surface area contributed by atoms with Crippen molar-refractivity contribution in [3.05, 3.63) is 70.8 Å². The van der Waals surface area contributed by atoms with E-state index in [0.29, 0.717) is 39.3 Å². The van der Waals surface area contributed by atoms with Gasteiger partial charge in [-0.15, -0.1) is 0 Å².